The van der Waals surface area contributed by atoms with Gasteiger partial charge in [-0.3, -0.25) is 9.69 Å². The number of hydrogen-bond acceptors (Lipinski definition) is 4. The van der Waals surface area contributed by atoms with Crippen molar-refractivity contribution in [1.29, 1.82) is 0 Å². The molecule has 0 radical (unpaired) electrons. The molecule has 0 spiro atoms. The monoisotopic (exact) mass is 300 g/mol. The largest absolute Gasteiger partial charge is 0.480 e. The van der Waals surface area contributed by atoms with Crippen molar-refractivity contribution >= 4 is 11.9 Å². The smallest absolute Gasteiger partial charge is 0.326 e. The standard InChI is InChI=1S/C15H28N2O4/c1-9(2)13(14(18)16(6)12(5)15(19)20)17-7-10(3)21-11(4)8-17/h9-13H,7-8H2,1-6H3,(H,19,20)/t10-,11+,12-,13+/m1/s1. The van der Waals surface area contributed by atoms with E-state index < -0.39 is 12.0 Å². The molecular formula is C15H28N2O4. The lowest BCUT2D eigenvalue weighted by Crippen LogP contribution is -2.58. The zero-order valence-electron chi connectivity index (χ0n) is 13.9. The summed E-state index contributed by atoms with van der Waals surface area (Å²) < 4.78 is 5.71. The zero-order chi connectivity index (χ0) is 16.3. The molecule has 0 aromatic carbocycles. The number of aliphatic carboxylic acids is 1. The Kier molecular flexibility index (Phi) is 6.16. The lowest BCUT2D eigenvalue weighted by molar-refractivity contribution is -0.154. The maximum Gasteiger partial charge on any atom is 0.326 e. The highest BCUT2D eigenvalue weighted by atomic mass is 16.5. The summed E-state index contributed by atoms with van der Waals surface area (Å²) in [6.45, 7) is 10.9. The molecule has 1 rings (SSSR count). The molecule has 1 heterocycles. The first-order valence-electron chi connectivity index (χ1n) is 7.54. The molecule has 0 aromatic heterocycles. The van der Waals surface area contributed by atoms with Crippen LogP contribution in [0.1, 0.15) is 34.6 Å². The van der Waals surface area contributed by atoms with Gasteiger partial charge in [0.05, 0.1) is 18.2 Å². The van der Waals surface area contributed by atoms with Crippen LogP contribution in [-0.2, 0) is 14.3 Å². The number of rotatable bonds is 5. The Bertz CT molecular complexity index is 376. The number of nitrogens with zero attached hydrogens (tertiary/aromatic N) is 2. The molecule has 1 N–H and O–H groups in total. The van der Waals surface area contributed by atoms with Gasteiger partial charge in [-0.05, 0) is 26.7 Å². The molecule has 1 amide bonds. The number of carbonyl (C=O) groups excluding carboxylic acids is 1. The molecule has 1 aliphatic heterocycles. The molecule has 6 heteroatoms. The highest BCUT2D eigenvalue weighted by molar-refractivity contribution is 5.86. The summed E-state index contributed by atoms with van der Waals surface area (Å²) in [7, 11) is 1.56. The van der Waals surface area contributed by atoms with Gasteiger partial charge in [0.1, 0.15) is 6.04 Å². The molecular weight excluding hydrogens is 272 g/mol. The number of amides is 1. The van der Waals surface area contributed by atoms with Crippen molar-refractivity contribution in [2.24, 2.45) is 5.92 Å². The van der Waals surface area contributed by atoms with Gasteiger partial charge in [-0.25, -0.2) is 4.79 Å². The molecule has 0 unspecified atom stereocenters. The quantitative estimate of drug-likeness (QED) is 0.822. The van der Waals surface area contributed by atoms with Crippen LogP contribution in [0.15, 0.2) is 0 Å². The van der Waals surface area contributed by atoms with E-state index in [0.717, 1.165) is 0 Å². The van der Waals surface area contributed by atoms with E-state index in [1.54, 1.807) is 7.05 Å². The predicted octanol–water partition coefficient (Wildman–Crippen LogP) is 1.05. The SMILES string of the molecule is CC(C)[C@@H](C(=O)N(C)[C@H](C)C(=O)O)N1C[C@@H](C)O[C@@H](C)C1. The number of hydrogen-bond donors (Lipinski definition) is 1. The van der Waals surface area contributed by atoms with Crippen LogP contribution in [0, 0.1) is 5.92 Å². The van der Waals surface area contributed by atoms with Gasteiger partial charge in [-0.1, -0.05) is 13.8 Å². The third-order valence-corrected chi connectivity index (χ3v) is 4.01. The predicted molar refractivity (Wildman–Crippen MR) is 80.1 cm³/mol. The first kappa shape index (κ1) is 17.9. The van der Waals surface area contributed by atoms with Gasteiger partial charge >= 0.3 is 5.97 Å². The van der Waals surface area contributed by atoms with Crippen LogP contribution in [0.25, 0.3) is 0 Å². The van der Waals surface area contributed by atoms with Crippen molar-refractivity contribution in [2.45, 2.75) is 58.9 Å². The third kappa shape index (κ3) is 4.41. The van der Waals surface area contributed by atoms with E-state index in [0.29, 0.717) is 13.1 Å². The average Bonchev–Trinajstić information content (AvgIpc) is 2.35. The van der Waals surface area contributed by atoms with Crippen molar-refractivity contribution in [3.63, 3.8) is 0 Å². The Hall–Kier alpha value is -1.14. The van der Waals surface area contributed by atoms with Crippen LogP contribution in [0.3, 0.4) is 0 Å². The molecule has 0 aromatic rings. The lowest BCUT2D eigenvalue weighted by Gasteiger charge is -2.42. The van der Waals surface area contributed by atoms with Crippen LogP contribution < -0.4 is 0 Å². The van der Waals surface area contributed by atoms with E-state index in [-0.39, 0.29) is 30.1 Å². The van der Waals surface area contributed by atoms with Crippen molar-refractivity contribution < 1.29 is 19.4 Å². The molecule has 1 aliphatic rings. The second-order valence-electron chi connectivity index (χ2n) is 6.36. The first-order chi connectivity index (χ1) is 9.65. The highest BCUT2D eigenvalue weighted by Crippen LogP contribution is 2.20. The molecule has 1 fully saturated rings. The Labute approximate surface area is 127 Å². The minimum atomic E-state index is -0.989. The van der Waals surface area contributed by atoms with E-state index in [1.807, 2.05) is 27.7 Å². The van der Waals surface area contributed by atoms with Crippen molar-refractivity contribution in [3.8, 4) is 0 Å². The Morgan fingerprint density at radius 3 is 2.05 bits per heavy atom. The minimum Gasteiger partial charge on any atom is -0.480 e. The first-order valence-corrected chi connectivity index (χ1v) is 7.54. The Balaban J connectivity index is 2.90. The van der Waals surface area contributed by atoms with Crippen molar-refractivity contribution in [1.82, 2.24) is 9.80 Å². The second-order valence-corrected chi connectivity index (χ2v) is 6.36. The van der Waals surface area contributed by atoms with E-state index in [9.17, 15) is 9.59 Å². The van der Waals surface area contributed by atoms with Gasteiger partial charge in [0.2, 0.25) is 5.91 Å². The maximum absolute atomic E-state index is 12.7. The number of morpholine rings is 1. The molecule has 21 heavy (non-hydrogen) atoms. The Morgan fingerprint density at radius 1 is 1.19 bits per heavy atom. The highest BCUT2D eigenvalue weighted by Gasteiger charge is 2.37. The van der Waals surface area contributed by atoms with Gasteiger partial charge in [-0.2, -0.15) is 0 Å². The summed E-state index contributed by atoms with van der Waals surface area (Å²) in [5, 5.41) is 9.09. The fourth-order valence-electron chi connectivity index (χ4n) is 2.87. The Morgan fingerprint density at radius 2 is 1.67 bits per heavy atom. The molecule has 0 bridgehead atoms. The summed E-state index contributed by atoms with van der Waals surface area (Å²) in [6.07, 6.45) is 0.148. The van der Waals surface area contributed by atoms with Gasteiger partial charge in [-0.15, -0.1) is 0 Å². The van der Waals surface area contributed by atoms with Crippen LogP contribution >= 0.6 is 0 Å². The number of ether oxygens (including phenoxy) is 1. The molecule has 4 atom stereocenters. The second kappa shape index (κ2) is 7.22. The van der Waals surface area contributed by atoms with Crippen LogP contribution in [0.2, 0.25) is 0 Å². The summed E-state index contributed by atoms with van der Waals surface area (Å²) in [5.41, 5.74) is 0. The number of likely N-dealkylation sites (N-methyl/N-ethyl adjacent to an activating group) is 1. The van der Waals surface area contributed by atoms with E-state index in [4.69, 9.17) is 9.84 Å². The van der Waals surface area contributed by atoms with Crippen molar-refractivity contribution in [3.05, 3.63) is 0 Å². The average molecular weight is 300 g/mol. The summed E-state index contributed by atoms with van der Waals surface area (Å²) in [5.74, 6) is -1.02. The maximum atomic E-state index is 12.7. The topological polar surface area (TPSA) is 70.1 Å². The zero-order valence-corrected chi connectivity index (χ0v) is 13.9. The van der Waals surface area contributed by atoms with Gasteiger partial charge in [0.15, 0.2) is 0 Å². The van der Waals surface area contributed by atoms with Gasteiger partial charge in [0.25, 0.3) is 0 Å². The van der Waals surface area contributed by atoms with Crippen molar-refractivity contribution in [2.75, 3.05) is 20.1 Å². The van der Waals surface area contributed by atoms with E-state index in [1.165, 1.54) is 11.8 Å². The summed E-state index contributed by atoms with van der Waals surface area (Å²) in [6, 6.07) is -1.14. The number of carbonyl (C=O) groups is 2. The van der Waals surface area contributed by atoms with Gasteiger partial charge < -0.3 is 14.7 Å². The van der Waals surface area contributed by atoms with Crippen LogP contribution in [-0.4, -0.2) is 71.2 Å². The molecule has 6 nitrogen and oxygen atoms in total. The van der Waals surface area contributed by atoms with Gasteiger partial charge in [0, 0.05) is 20.1 Å². The summed E-state index contributed by atoms with van der Waals surface area (Å²) in [4.78, 5) is 27.3. The van der Waals surface area contributed by atoms with E-state index >= 15 is 0 Å². The molecule has 1 saturated heterocycles. The normalized spacial score (nSPS) is 26.4. The lowest BCUT2D eigenvalue weighted by atomic mass is 9.98. The molecule has 0 saturated carbocycles. The molecule has 0 aliphatic carbocycles. The van der Waals surface area contributed by atoms with Crippen LogP contribution in [0.5, 0.6) is 0 Å². The number of carboxylic acid groups (broad SMARTS) is 1. The number of carboxylic acids is 1. The fourth-order valence-corrected chi connectivity index (χ4v) is 2.87. The van der Waals surface area contributed by atoms with E-state index in [2.05, 4.69) is 4.90 Å². The molecule has 122 valence electrons. The minimum absolute atomic E-state index is 0.0741. The van der Waals surface area contributed by atoms with Crippen LogP contribution in [0.4, 0.5) is 0 Å². The summed E-state index contributed by atoms with van der Waals surface area (Å²) >= 11 is 0. The third-order valence-electron chi connectivity index (χ3n) is 4.01. The fraction of sp³-hybridized carbons (Fsp3) is 0.867.